The summed E-state index contributed by atoms with van der Waals surface area (Å²) in [5.41, 5.74) is 5.39. The number of benzene rings is 4. The molecule has 0 aromatic heterocycles. The SMILES string of the molecule is Cc1cc(N(c2ccccc2)c2ccccc2)ccc1-c1ccc2c(c1)C(C)(C)C(F)(F)C2(C)C. The molecule has 0 fully saturated rings. The van der Waals surface area contributed by atoms with Gasteiger partial charge in [-0.05, 0) is 98.8 Å². The van der Waals surface area contributed by atoms with E-state index in [0.29, 0.717) is 0 Å². The minimum Gasteiger partial charge on any atom is -0.310 e. The highest BCUT2D eigenvalue weighted by Crippen LogP contribution is 2.59. The van der Waals surface area contributed by atoms with Crippen molar-refractivity contribution in [3.63, 3.8) is 0 Å². The second kappa shape index (κ2) is 8.05. The molecule has 0 bridgehead atoms. The van der Waals surface area contributed by atoms with Crippen LogP contribution in [0.1, 0.15) is 44.4 Å². The summed E-state index contributed by atoms with van der Waals surface area (Å²) in [5, 5.41) is 0. The Kier molecular flexibility index (Phi) is 5.36. The number of aryl methyl sites for hydroxylation is 1. The third-order valence-electron chi connectivity index (χ3n) is 7.74. The third kappa shape index (κ3) is 3.48. The maximum absolute atomic E-state index is 15.4. The van der Waals surface area contributed by atoms with Gasteiger partial charge in [0.05, 0.1) is 10.8 Å². The van der Waals surface area contributed by atoms with Crippen molar-refractivity contribution in [2.75, 3.05) is 4.90 Å². The summed E-state index contributed by atoms with van der Waals surface area (Å²) in [6.45, 7) is 8.73. The number of anilines is 3. The van der Waals surface area contributed by atoms with Gasteiger partial charge in [-0.25, -0.2) is 8.78 Å². The summed E-state index contributed by atoms with van der Waals surface area (Å²) >= 11 is 0. The molecule has 0 heterocycles. The van der Waals surface area contributed by atoms with Crippen LogP contribution in [0.5, 0.6) is 0 Å². The van der Waals surface area contributed by atoms with Crippen molar-refractivity contribution >= 4 is 17.1 Å². The van der Waals surface area contributed by atoms with Gasteiger partial charge in [-0.2, -0.15) is 0 Å². The Morgan fingerprint density at radius 2 is 1.11 bits per heavy atom. The number of para-hydroxylation sites is 2. The number of alkyl halides is 2. The average molecular weight is 468 g/mol. The monoisotopic (exact) mass is 467 g/mol. The van der Waals surface area contributed by atoms with Crippen molar-refractivity contribution in [2.45, 2.75) is 51.4 Å². The molecular formula is C32H31F2N. The van der Waals surface area contributed by atoms with E-state index in [-0.39, 0.29) is 0 Å². The standard InChI is InChI=1S/C32H31F2N/c1-22-20-26(35(24-12-8-6-9-13-24)25-14-10-7-11-15-25)17-18-27(22)23-16-19-28-29(21-23)31(4,5)32(33,34)30(28,2)3/h6-21H,1-5H3. The van der Waals surface area contributed by atoms with Crippen molar-refractivity contribution in [3.05, 3.63) is 114 Å². The Balaban J connectivity index is 1.59. The molecule has 4 aromatic carbocycles. The molecule has 0 N–H and O–H groups in total. The van der Waals surface area contributed by atoms with Gasteiger partial charge in [-0.15, -0.1) is 0 Å². The third-order valence-corrected chi connectivity index (χ3v) is 7.74. The van der Waals surface area contributed by atoms with Gasteiger partial charge in [0.25, 0.3) is 5.92 Å². The van der Waals surface area contributed by atoms with Crippen LogP contribution in [0.25, 0.3) is 11.1 Å². The molecule has 0 amide bonds. The first-order valence-corrected chi connectivity index (χ1v) is 12.1. The van der Waals surface area contributed by atoms with E-state index < -0.39 is 16.8 Å². The normalized spacial score (nSPS) is 17.1. The van der Waals surface area contributed by atoms with Crippen LogP contribution in [-0.2, 0) is 10.8 Å². The van der Waals surface area contributed by atoms with E-state index in [1.807, 2.05) is 54.6 Å². The van der Waals surface area contributed by atoms with Crippen LogP contribution in [0.15, 0.2) is 97.1 Å². The lowest BCUT2D eigenvalue weighted by atomic mass is 9.77. The number of hydrogen-bond donors (Lipinski definition) is 0. The van der Waals surface area contributed by atoms with E-state index in [4.69, 9.17) is 0 Å². The molecule has 4 aromatic rings. The van der Waals surface area contributed by atoms with Crippen LogP contribution < -0.4 is 4.90 Å². The van der Waals surface area contributed by atoms with E-state index in [9.17, 15) is 0 Å². The summed E-state index contributed by atoms with van der Waals surface area (Å²) in [6, 6.07) is 32.8. The number of nitrogens with zero attached hydrogens (tertiary/aromatic N) is 1. The van der Waals surface area contributed by atoms with Crippen LogP contribution >= 0.6 is 0 Å². The van der Waals surface area contributed by atoms with Crippen molar-refractivity contribution in [1.29, 1.82) is 0 Å². The highest BCUT2D eigenvalue weighted by Gasteiger charge is 2.65. The average Bonchev–Trinajstić information content (AvgIpc) is 2.95. The summed E-state index contributed by atoms with van der Waals surface area (Å²) in [5.74, 6) is -2.83. The largest absolute Gasteiger partial charge is 0.310 e. The van der Waals surface area contributed by atoms with Crippen molar-refractivity contribution < 1.29 is 8.78 Å². The van der Waals surface area contributed by atoms with Crippen LogP contribution in [0.3, 0.4) is 0 Å². The molecule has 3 heteroatoms. The van der Waals surface area contributed by atoms with Crippen molar-refractivity contribution in [2.24, 2.45) is 0 Å². The summed E-state index contributed by atoms with van der Waals surface area (Å²) in [4.78, 5) is 2.23. The second-order valence-electron chi connectivity index (χ2n) is 10.6. The quantitative estimate of drug-likeness (QED) is 0.289. The van der Waals surface area contributed by atoms with Crippen molar-refractivity contribution in [3.8, 4) is 11.1 Å². The smallest absolute Gasteiger partial charge is 0.266 e. The van der Waals surface area contributed by atoms with E-state index in [1.165, 1.54) is 0 Å². The molecule has 1 aliphatic rings. The first-order valence-electron chi connectivity index (χ1n) is 12.1. The Bertz CT molecular complexity index is 1330. The van der Waals surface area contributed by atoms with Gasteiger partial charge >= 0.3 is 0 Å². The van der Waals surface area contributed by atoms with E-state index in [0.717, 1.165) is 44.9 Å². The molecule has 0 aliphatic heterocycles. The zero-order valence-electron chi connectivity index (χ0n) is 20.9. The molecular weight excluding hydrogens is 436 g/mol. The Labute approximate surface area is 207 Å². The summed E-state index contributed by atoms with van der Waals surface area (Å²) in [7, 11) is 0. The number of rotatable bonds is 4. The predicted octanol–water partition coefficient (Wildman–Crippen LogP) is 9.34. The fourth-order valence-electron chi connectivity index (χ4n) is 5.61. The molecule has 1 nitrogen and oxygen atoms in total. The predicted molar refractivity (Wildman–Crippen MR) is 142 cm³/mol. The van der Waals surface area contributed by atoms with Gasteiger partial charge < -0.3 is 4.90 Å². The van der Waals surface area contributed by atoms with Crippen molar-refractivity contribution in [1.82, 2.24) is 0 Å². The van der Waals surface area contributed by atoms with E-state index in [2.05, 4.69) is 54.3 Å². The van der Waals surface area contributed by atoms with Gasteiger partial charge in [-0.3, -0.25) is 0 Å². The van der Waals surface area contributed by atoms with Crippen LogP contribution in [0.4, 0.5) is 25.8 Å². The molecule has 178 valence electrons. The van der Waals surface area contributed by atoms with E-state index >= 15 is 8.78 Å². The first-order chi connectivity index (χ1) is 16.6. The van der Waals surface area contributed by atoms with Gasteiger partial charge in [0.2, 0.25) is 0 Å². The minimum absolute atomic E-state index is 0.740. The molecule has 0 unspecified atom stereocenters. The van der Waals surface area contributed by atoms with Crippen LogP contribution in [0, 0.1) is 6.92 Å². The minimum atomic E-state index is -2.83. The lowest BCUT2D eigenvalue weighted by Gasteiger charge is -2.35. The maximum Gasteiger partial charge on any atom is 0.266 e. The van der Waals surface area contributed by atoms with Crippen LogP contribution in [0.2, 0.25) is 0 Å². The topological polar surface area (TPSA) is 3.24 Å². The lowest BCUT2D eigenvalue weighted by molar-refractivity contribution is -0.105. The molecule has 35 heavy (non-hydrogen) atoms. The molecule has 0 radical (unpaired) electrons. The lowest BCUT2D eigenvalue weighted by Crippen LogP contribution is -2.46. The van der Waals surface area contributed by atoms with Gasteiger partial charge in [0.1, 0.15) is 0 Å². The number of halogens is 2. The molecule has 0 spiro atoms. The number of fused-ring (bicyclic) bond motifs is 1. The molecule has 1 aliphatic carbocycles. The Hall–Kier alpha value is -3.46. The van der Waals surface area contributed by atoms with Gasteiger partial charge in [0, 0.05) is 17.1 Å². The van der Waals surface area contributed by atoms with Gasteiger partial charge in [0.15, 0.2) is 0 Å². The summed E-state index contributed by atoms with van der Waals surface area (Å²) in [6.07, 6.45) is 0. The molecule has 0 saturated carbocycles. The fourth-order valence-corrected chi connectivity index (χ4v) is 5.61. The fraction of sp³-hybridized carbons (Fsp3) is 0.250. The maximum atomic E-state index is 15.4. The zero-order chi connectivity index (χ0) is 25.0. The molecule has 5 rings (SSSR count). The highest BCUT2D eigenvalue weighted by atomic mass is 19.3. The zero-order valence-corrected chi connectivity index (χ0v) is 20.9. The van der Waals surface area contributed by atoms with Gasteiger partial charge in [-0.1, -0.05) is 60.7 Å². The molecule has 0 saturated heterocycles. The second-order valence-corrected chi connectivity index (χ2v) is 10.6. The Morgan fingerprint density at radius 3 is 1.66 bits per heavy atom. The Morgan fingerprint density at radius 1 is 0.571 bits per heavy atom. The summed E-state index contributed by atoms with van der Waals surface area (Å²) < 4.78 is 30.7. The van der Waals surface area contributed by atoms with E-state index in [1.54, 1.807) is 27.7 Å². The number of hydrogen-bond acceptors (Lipinski definition) is 1. The molecule has 0 atom stereocenters. The van der Waals surface area contributed by atoms with Crippen LogP contribution in [-0.4, -0.2) is 5.92 Å². The first kappa shape index (κ1) is 23.3. The highest BCUT2D eigenvalue weighted by molar-refractivity contribution is 5.80.